The Morgan fingerprint density at radius 2 is 1.79 bits per heavy atom. The van der Waals surface area contributed by atoms with Gasteiger partial charge in [-0.05, 0) is 55.5 Å². The van der Waals surface area contributed by atoms with E-state index < -0.39 is 29.4 Å². The van der Waals surface area contributed by atoms with Crippen molar-refractivity contribution in [2.24, 2.45) is 4.99 Å². The fourth-order valence-electron chi connectivity index (χ4n) is 4.52. The van der Waals surface area contributed by atoms with E-state index in [0.29, 0.717) is 29.4 Å². The Labute approximate surface area is 220 Å². The highest BCUT2D eigenvalue weighted by molar-refractivity contribution is 6.04. The normalized spacial score (nSPS) is 16.9. The lowest BCUT2D eigenvalue weighted by Crippen LogP contribution is -2.56. The van der Waals surface area contributed by atoms with Crippen molar-refractivity contribution in [1.29, 1.82) is 0 Å². The summed E-state index contributed by atoms with van der Waals surface area (Å²) in [5.41, 5.74) is -0.215. The molecule has 1 fully saturated rings. The van der Waals surface area contributed by atoms with Crippen LogP contribution < -0.4 is 14.8 Å². The van der Waals surface area contributed by atoms with Crippen molar-refractivity contribution in [2.75, 3.05) is 32.1 Å². The maximum atomic E-state index is 13.6. The van der Waals surface area contributed by atoms with Crippen LogP contribution >= 0.6 is 0 Å². The number of amidine groups is 1. The van der Waals surface area contributed by atoms with Crippen LogP contribution in [0.1, 0.15) is 18.1 Å². The predicted octanol–water partition coefficient (Wildman–Crippen LogP) is 6.41. The largest absolute Gasteiger partial charge is 0.497 e. The van der Waals surface area contributed by atoms with E-state index in [0.717, 1.165) is 24.3 Å². The van der Waals surface area contributed by atoms with Gasteiger partial charge in [-0.25, -0.2) is 18.6 Å². The van der Waals surface area contributed by atoms with Gasteiger partial charge in [0, 0.05) is 37.4 Å². The van der Waals surface area contributed by atoms with Crippen LogP contribution in [-0.4, -0.2) is 54.5 Å². The molecule has 1 saturated heterocycles. The molecule has 0 saturated carbocycles. The highest BCUT2D eigenvalue weighted by Crippen LogP contribution is 2.42. The van der Waals surface area contributed by atoms with E-state index in [2.05, 4.69) is 10.3 Å². The summed E-state index contributed by atoms with van der Waals surface area (Å²) in [7, 11) is 1.49. The average molecular weight is 546 g/mol. The molecule has 0 aromatic heterocycles. The minimum absolute atomic E-state index is 0.0150. The molecule has 0 bridgehead atoms. The summed E-state index contributed by atoms with van der Waals surface area (Å²) in [6.07, 6.45) is -4.56. The van der Waals surface area contributed by atoms with E-state index in [-0.39, 0.29) is 36.3 Å². The van der Waals surface area contributed by atoms with Crippen molar-refractivity contribution in [3.05, 3.63) is 77.4 Å². The summed E-state index contributed by atoms with van der Waals surface area (Å²) in [5, 5.41) is 2.57. The second kappa shape index (κ2) is 10.1. The van der Waals surface area contributed by atoms with Gasteiger partial charge < -0.3 is 24.6 Å². The lowest BCUT2D eigenvalue weighted by atomic mass is 10.1. The molecule has 1 atom stereocenters. The molecule has 12 heteroatoms. The van der Waals surface area contributed by atoms with Gasteiger partial charge in [0.15, 0.2) is 17.4 Å². The molecule has 2 amide bonds. The van der Waals surface area contributed by atoms with Crippen LogP contribution in [0.4, 0.5) is 38.1 Å². The number of fused-ring (bicyclic) bond motifs is 2. The van der Waals surface area contributed by atoms with Gasteiger partial charge in [0.25, 0.3) is 0 Å². The number of carbonyl (C=O) groups is 1. The van der Waals surface area contributed by atoms with E-state index in [9.17, 15) is 26.7 Å². The van der Waals surface area contributed by atoms with E-state index in [4.69, 9.17) is 9.47 Å². The van der Waals surface area contributed by atoms with Crippen molar-refractivity contribution < 1.29 is 36.2 Å². The summed E-state index contributed by atoms with van der Waals surface area (Å²) < 4.78 is 78.5. The number of methoxy groups -OCH3 is 1. The molecule has 1 unspecified atom stereocenters. The molecule has 39 heavy (non-hydrogen) atoms. The molecule has 7 nitrogen and oxygen atoms in total. The third kappa shape index (κ3) is 5.31. The van der Waals surface area contributed by atoms with Crippen LogP contribution in [0.15, 0.2) is 59.6 Å². The number of aliphatic imine (C=N–C) groups is 1. The maximum absolute atomic E-state index is 13.6. The van der Waals surface area contributed by atoms with Gasteiger partial charge in [0.2, 0.25) is 0 Å². The first kappa shape index (κ1) is 26.3. The zero-order valence-corrected chi connectivity index (χ0v) is 20.9. The van der Waals surface area contributed by atoms with Crippen LogP contribution in [-0.2, 0) is 6.18 Å². The second-order valence-electron chi connectivity index (χ2n) is 9.13. The highest BCUT2D eigenvalue weighted by Gasteiger charge is 2.34. The Kier molecular flexibility index (Phi) is 6.79. The molecule has 2 aliphatic heterocycles. The quantitative estimate of drug-likeness (QED) is 0.377. The number of alkyl halides is 3. The zero-order valence-electron chi connectivity index (χ0n) is 20.9. The molecule has 1 N–H and O–H groups in total. The Bertz CT molecular complexity index is 1460. The predicted molar refractivity (Wildman–Crippen MR) is 134 cm³/mol. The summed E-state index contributed by atoms with van der Waals surface area (Å²) in [6, 6.07) is 10.3. The number of ether oxygens (including phenoxy) is 2. The number of amides is 2. The third-order valence-corrected chi connectivity index (χ3v) is 6.52. The summed E-state index contributed by atoms with van der Waals surface area (Å²) >= 11 is 0. The molecule has 3 aromatic carbocycles. The van der Waals surface area contributed by atoms with Gasteiger partial charge in [-0.2, -0.15) is 13.2 Å². The lowest BCUT2D eigenvalue weighted by Gasteiger charge is -2.41. The molecular formula is C27H23F5N4O3. The van der Waals surface area contributed by atoms with Crippen molar-refractivity contribution in [3.63, 3.8) is 0 Å². The van der Waals surface area contributed by atoms with Gasteiger partial charge in [0.1, 0.15) is 23.0 Å². The fourth-order valence-corrected chi connectivity index (χ4v) is 4.52. The molecule has 2 aliphatic rings. The first-order valence-electron chi connectivity index (χ1n) is 12.0. The second-order valence-corrected chi connectivity index (χ2v) is 9.13. The number of halogens is 5. The Balaban J connectivity index is 1.44. The minimum atomic E-state index is -4.56. The first-order valence-corrected chi connectivity index (χ1v) is 12.0. The van der Waals surface area contributed by atoms with Gasteiger partial charge in [-0.15, -0.1) is 0 Å². The van der Waals surface area contributed by atoms with Crippen molar-refractivity contribution >= 4 is 23.2 Å². The molecule has 0 aliphatic carbocycles. The van der Waals surface area contributed by atoms with E-state index in [1.54, 1.807) is 25.1 Å². The number of hydrogen-bond acceptors (Lipinski definition) is 5. The number of nitrogens with one attached hydrogen (secondary N) is 1. The molecule has 204 valence electrons. The maximum Gasteiger partial charge on any atom is 0.416 e. The highest BCUT2D eigenvalue weighted by atomic mass is 19.4. The zero-order chi connectivity index (χ0) is 27.9. The van der Waals surface area contributed by atoms with Gasteiger partial charge >= 0.3 is 12.2 Å². The third-order valence-electron chi connectivity index (χ3n) is 6.52. The Morgan fingerprint density at radius 3 is 2.49 bits per heavy atom. The number of nitrogens with zero attached hydrogens (tertiary/aromatic N) is 3. The summed E-state index contributed by atoms with van der Waals surface area (Å²) in [4.78, 5) is 20.9. The molecule has 0 radical (unpaired) electrons. The number of carbonyl (C=O) groups excluding carboxylic acids is 1. The van der Waals surface area contributed by atoms with Crippen LogP contribution in [0.25, 0.3) is 0 Å². The van der Waals surface area contributed by atoms with E-state index >= 15 is 0 Å². The van der Waals surface area contributed by atoms with Crippen LogP contribution in [0.3, 0.4) is 0 Å². The number of hydrogen-bond donors (Lipinski definition) is 1. The summed E-state index contributed by atoms with van der Waals surface area (Å²) in [6.45, 7) is 2.60. The van der Waals surface area contributed by atoms with Crippen molar-refractivity contribution in [2.45, 2.75) is 19.1 Å². The van der Waals surface area contributed by atoms with E-state index in [1.807, 2.05) is 4.90 Å². The minimum Gasteiger partial charge on any atom is -0.497 e. The SMILES string of the molecule is COc1ccc2c(c1)C(N1CCN(C(=O)Nc3ccc(F)c(F)c3)C(C)C1)=Nc1cc(C(F)(F)F)ccc1O2. The molecule has 0 spiro atoms. The number of benzene rings is 3. The number of piperazine rings is 1. The van der Waals surface area contributed by atoms with Gasteiger partial charge in [0.05, 0.1) is 18.2 Å². The van der Waals surface area contributed by atoms with Crippen LogP contribution in [0.5, 0.6) is 17.2 Å². The lowest BCUT2D eigenvalue weighted by molar-refractivity contribution is -0.137. The number of urea groups is 1. The standard InChI is InChI=1S/C27H23F5N4O3/c1-15-14-35(9-10-36(15)26(37)33-17-4-6-20(28)21(29)12-17)25-19-13-18(38-2)5-8-23(19)39-24-7-3-16(27(30,31)32)11-22(24)34-25/h3-8,11-13,15H,9-10,14H2,1-2H3,(H,33,37). The number of rotatable bonds is 2. The first-order chi connectivity index (χ1) is 18.5. The molecule has 2 heterocycles. The Hall–Kier alpha value is -4.35. The topological polar surface area (TPSA) is 66.4 Å². The monoisotopic (exact) mass is 546 g/mol. The van der Waals surface area contributed by atoms with Gasteiger partial charge in [-0.3, -0.25) is 0 Å². The van der Waals surface area contributed by atoms with E-state index in [1.165, 1.54) is 24.1 Å². The molecule has 3 aromatic rings. The fraction of sp³-hybridized carbons (Fsp3) is 0.259. The van der Waals surface area contributed by atoms with Crippen LogP contribution in [0, 0.1) is 11.6 Å². The van der Waals surface area contributed by atoms with Gasteiger partial charge in [-0.1, -0.05) is 0 Å². The van der Waals surface area contributed by atoms with Crippen molar-refractivity contribution in [1.82, 2.24) is 9.80 Å². The average Bonchev–Trinajstić information content (AvgIpc) is 3.06. The smallest absolute Gasteiger partial charge is 0.416 e. The molecule has 5 rings (SSSR count). The Morgan fingerprint density at radius 1 is 1.03 bits per heavy atom. The number of anilines is 1. The van der Waals surface area contributed by atoms with Crippen LogP contribution in [0.2, 0.25) is 0 Å². The molecular weight excluding hydrogens is 523 g/mol. The van der Waals surface area contributed by atoms with Crippen molar-refractivity contribution in [3.8, 4) is 17.2 Å². The summed E-state index contributed by atoms with van der Waals surface area (Å²) in [5.74, 6) is -0.674.